The van der Waals surface area contributed by atoms with E-state index in [9.17, 15) is 9.90 Å². The van der Waals surface area contributed by atoms with E-state index < -0.39 is 0 Å². The summed E-state index contributed by atoms with van der Waals surface area (Å²) in [6.45, 7) is 8.18. The molecule has 0 spiro atoms. The molecule has 1 N–H and O–H groups in total. The predicted molar refractivity (Wildman–Crippen MR) is 65.9 cm³/mol. The number of aldehydes is 1. The van der Waals surface area contributed by atoms with Gasteiger partial charge in [0.1, 0.15) is 12.0 Å². The zero-order valence-electron chi connectivity index (χ0n) is 10.5. The van der Waals surface area contributed by atoms with Crippen LogP contribution in [0.25, 0.3) is 0 Å². The molecular weight excluding hydrogens is 200 g/mol. The zero-order valence-corrected chi connectivity index (χ0v) is 10.5. The summed E-state index contributed by atoms with van der Waals surface area (Å²) >= 11 is 0. The number of carbonyl (C=O) groups is 1. The summed E-state index contributed by atoms with van der Waals surface area (Å²) in [7, 11) is 0. The van der Waals surface area contributed by atoms with Crippen molar-refractivity contribution < 1.29 is 9.90 Å². The lowest BCUT2D eigenvalue weighted by Crippen LogP contribution is -2.12. The van der Waals surface area contributed by atoms with Crippen molar-refractivity contribution in [3.63, 3.8) is 0 Å². The first-order chi connectivity index (χ1) is 7.36. The van der Waals surface area contributed by atoms with Crippen molar-refractivity contribution in [2.24, 2.45) is 0 Å². The molecule has 0 saturated carbocycles. The van der Waals surface area contributed by atoms with E-state index in [1.807, 2.05) is 13.0 Å². The lowest BCUT2D eigenvalue weighted by molar-refractivity contribution is -0.107. The summed E-state index contributed by atoms with van der Waals surface area (Å²) in [5.74, 6) is 0.347. The van der Waals surface area contributed by atoms with Crippen LogP contribution in [-0.2, 0) is 16.6 Å². The number of aromatic hydroxyl groups is 1. The molecule has 88 valence electrons. The standard InChI is InChI=1S/C14H20O2/c1-10-8-13(16)12(14(2,3)4)9-11(10)6-5-7-15/h7-9,16H,5-6H2,1-4H3. The van der Waals surface area contributed by atoms with Gasteiger partial charge in [-0.25, -0.2) is 0 Å². The molecule has 0 aliphatic carbocycles. The summed E-state index contributed by atoms with van der Waals surface area (Å²) < 4.78 is 0. The van der Waals surface area contributed by atoms with Crippen molar-refractivity contribution in [2.75, 3.05) is 0 Å². The summed E-state index contributed by atoms with van der Waals surface area (Å²) in [6.07, 6.45) is 2.22. The molecule has 0 aliphatic heterocycles. The van der Waals surface area contributed by atoms with E-state index in [1.165, 1.54) is 0 Å². The second-order valence-electron chi connectivity index (χ2n) is 5.25. The van der Waals surface area contributed by atoms with E-state index in [-0.39, 0.29) is 5.41 Å². The second-order valence-corrected chi connectivity index (χ2v) is 5.25. The first-order valence-electron chi connectivity index (χ1n) is 5.63. The van der Waals surface area contributed by atoms with Crippen LogP contribution in [0.4, 0.5) is 0 Å². The Morgan fingerprint density at radius 1 is 1.31 bits per heavy atom. The van der Waals surface area contributed by atoms with Crippen molar-refractivity contribution in [3.8, 4) is 5.75 Å². The molecule has 0 bridgehead atoms. The Bertz CT molecular complexity index is 386. The molecule has 0 aliphatic rings. The quantitative estimate of drug-likeness (QED) is 0.795. The minimum atomic E-state index is -0.0757. The Kier molecular flexibility index (Phi) is 3.74. The molecule has 2 nitrogen and oxygen atoms in total. The maximum Gasteiger partial charge on any atom is 0.120 e. The second kappa shape index (κ2) is 4.69. The van der Waals surface area contributed by atoms with Gasteiger partial charge < -0.3 is 9.90 Å². The highest BCUT2D eigenvalue weighted by Crippen LogP contribution is 2.33. The Labute approximate surface area is 97.3 Å². The molecule has 0 atom stereocenters. The Balaban J connectivity index is 3.16. The van der Waals surface area contributed by atoms with Crippen molar-refractivity contribution in [1.82, 2.24) is 0 Å². The van der Waals surface area contributed by atoms with Gasteiger partial charge in [0.2, 0.25) is 0 Å². The van der Waals surface area contributed by atoms with E-state index in [2.05, 4.69) is 20.8 Å². The van der Waals surface area contributed by atoms with Crippen LogP contribution in [0.15, 0.2) is 12.1 Å². The fourth-order valence-corrected chi connectivity index (χ4v) is 1.82. The van der Waals surface area contributed by atoms with Gasteiger partial charge in [-0.15, -0.1) is 0 Å². The lowest BCUT2D eigenvalue weighted by atomic mass is 9.84. The van der Waals surface area contributed by atoms with Gasteiger partial charge in [-0.3, -0.25) is 0 Å². The third-order valence-corrected chi connectivity index (χ3v) is 2.79. The number of hydrogen-bond donors (Lipinski definition) is 1. The number of phenolic OH excluding ortho intramolecular Hbond substituents is 1. The molecule has 0 heterocycles. The Morgan fingerprint density at radius 2 is 1.94 bits per heavy atom. The molecule has 1 aromatic rings. The highest BCUT2D eigenvalue weighted by molar-refractivity contribution is 5.51. The maximum atomic E-state index is 10.4. The van der Waals surface area contributed by atoms with E-state index in [4.69, 9.17) is 0 Å². The van der Waals surface area contributed by atoms with E-state index >= 15 is 0 Å². The fourth-order valence-electron chi connectivity index (χ4n) is 1.82. The summed E-state index contributed by atoms with van der Waals surface area (Å²) in [4.78, 5) is 10.4. The van der Waals surface area contributed by atoms with E-state index in [0.717, 1.165) is 29.4 Å². The van der Waals surface area contributed by atoms with Crippen LogP contribution in [0, 0.1) is 6.92 Å². The minimum absolute atomic E-state index is 0.0757. The van der Waals surface area contributed by atoms with Gasteiger partial charge in [-0.05, 0) is 41.5 Å². The molecule has 0 amide bonds. The van der Waals surface area contributed by atoms with Gasteiger partial charge in [-0.2, -0.15) is 0 Å². The van der Waals surface area contributed by atoms with Crippen molar-refractivity contribution in [2.45, 2.75) is 46.0 Å². The molecule has 16 heavy (non-hydrogen) atoms. The van der Waals surface area contributed by atoms with Gasteiger partial charge in [0.05, 0.1) is 0 Å². The zero-order chi connectivity index (χ0) is 12.3. The molecule has 1 aromatic carbocycles. The van der Waals surface area contributed by atoms with Gasteiger partial charge in [0.25, 0.3) is 0 Å². The number of carbonyl (C=O) groups excluding carboxylic acids is 1. The first kappa shape index (κ1) is 12.8. The van der Waals surface area contributed by atoms with E-state index in [0.29, 0.717) is 12.2 Å². The van der Waals surface area contributed by atoms with Gasteiger partial charge in [0.15, 0.2) is 0 Å². The van der Waals surface area contributed by atoms with Crippen LogP contribution in [0.1, 0.15) is 43.9 Å². The highest BCUT2D eigenvalue weighted by Gasteiger charge is 2.19. The lowest BCUT2D eigenvalue weighted by Gasteiger charge is -2.22. The molecule has 1 rings (SSSR count). The molecule has 0 radical (unpaired) electrons. The van der Waals surface area contributed by atoms with Crippen molar-refractivity contribution in [3.05, 3.63) is 28.8 Å². The van der Waals surface area contributed by atoms with Crippen LogP contribution >= 0.6 is 0 Å². The van der Waals surface area contributed by atoms with Gasteiger partial charge in [0, 0.05) is 6.42 Å². The van der Waals surface area contributed by atoms with Crippen LogP contribution in [0.3, 0.4) is 0 Å². The smallest absolute Gasteiger partial charge is 0.120 e. The van der Waals surface area contributed by atoms with Crippen LogP contribution < -0.4 is 0 Å². The molecule has 0 fully saturated rings. The molecule has 0 aromatic heterocycles. The maximum absolute atomic E-state index is 10.4. The normalized spacial score (nSPS) is 11.5. The number of phenols is 1. The number of benzene rings is 1. The minimum Gasteiger partial charge on any atom is -0.508 e. The van der Waals surface area contributed by atoms with Crippen LogP contribution in [0.2, 0.25) is 0 Å². The summed E-state index contributed by atoms with van der Waals surface area (Å²) in [5.41, 5.74) is 3.06. The Hall–Kier alpha value is -1.31. The summed E-state index contributed by atoms with van der Waals surface area (Å²) in [5, 5.41) is 9.91. The predicted octanol–water partition coefficient (Wildman–Crippen LogP) is 3.13. The number of aryl methyl sites for hydroxylation is 2. The topological polar surface area (TPSA) is 37.3 Å². The molecule has 0 unspecified atom stereocenters. The van der Waals surface area contributed by atoms with Gasteiger partial charge >= 0.3 is 0 Å². The molecule has 2 heteroatoms. The average molecular weight is 220 g/mol. The Morgan fingerprint density at radius 3 is 2.44 bits per heavy atom. The van der Waals surface area contributed by atoms with Crippen LogP contribution in [-0.4, -0.2) is 11.4 Å². The third kappa shape index (κ3) is 2.84. The SMILES string of the molecule is Cc1cc(O)c(C(C)(C)C)cc1CCC=O. The molecular formula is C14H20O2. The van der Waals surface area contributed by atoms with Gasteiger partial charge in [-0.1, -0.05) is 26.8 Å². The molecule has 0 saturated heterocycles. The number of rotatable bonds is 3. The van der Waals surface area contributed by atoms with Crippen molar-refractivity contribution in [1.29, 1.82) is 0 Å². The largest absolute Gasteiger partial charge is 0.508 e. The first-order valence-corrected chi connectivity index (χ1v) is 5.63. The monoisotopic (exact) mass is 220 g/mol. The highest BCUT2D eigenvalue weighted by atomic mass is 16.3. The third-order valence-electron chi connectivity index (χ3n) is 2.79. The van der Waals surface area contributed by atoms with Crippen molar-refractivity contribution >= 4 is 6.29 Å². The fraction of sp³-hybridized carbons (Fsp3) is 0.500. The average Bonchev–Trinajstić information content (AvgIpc) is 2.14. The number of hydrogen-bond acceptors (Lipinski definition) is 2. The van der Waals surface area contributed by atoms with E-state index in [1.54, 1.807) is 6.07 Å². The summed E-state index contributed by atoms with van der Waals surface area (Å²) in [6, 6.07) is 3.81. The van der Waals surface area contributed by atoms with Crippen LogP contribution in [0.5, 0.6) is 5.75 Å².